The molecule has 2 amide bonds. The Morgan fingerprint density at radius 2 is 1.67 bits per heavy atom. The number of rotatable bonds is 6. The van der Waals surface area contributed by atoms with Crippen LogP contribution in [0.3, 0.4) is 0 Å². The number of urea groups is 1. The molecule has 1 saturated heterocycles. The standard InChI is InChI=1S/C20H26N2O3S2/c1-13-17(15-7-4-11-26-15)22(20(24)21-9-6-10-25-3)18(14(2)19(13)23)16-8-5-12-27-16/h4-5,7-8,11-14,17-18H,6,9-10H2,1-3H3,(H,21,24)/t13-,14+,17+,18-. The van der Waals surface area contributed by atoms with Crippen LogP contribution in [0.4, 0.5) is 4.79 Å². The number of Topliss-reactive ketones (excluding diaryl/α,β-unsaturated/α-hetero) is 1. The quantitative estimate of drug-likeness (QED) is 0.719. The minimum atomic E-state index is -0.247. The molecule has 0 unspecified atom stereocenters. The molecule has 5 nitrogen and oxygen atoms in total. The maximum Gasteiger partial charge on any atom is 0.318 e. The van der Waals surface area contributed by atoms with Crippen molar-refractivity contribution >= 4 is 34.5 Å². The van der Waals surface area contributed by atoms with E-state index in [2.05, 4.69) is 5.32 Å². The molecule has 2 aromatic heterocycles. The van der Waals surface area contributed by atoms with E-state index < -0.39 is 0 Å². The summed E-state index contributed by atoms with van der Waals surface area (Å²) in [5, 5.41) is 7.03. The van der Waals surface area contributed by atoms with Gasteiger partial charge >= 0.3 is 6.03 Å². The molecule has 0 aromatic carbocycles. The Morgan fingerprint density at radius 1 is 1.11 bits per heavy atom. The number of carbonyl (C=O) groups excluding carboxylic acids is 2. The van der Waals surface area contributed by atoms with Crippen LogP contribution < -0.4 is 5.32 Å². The molecule has 2 aromatic rings. The second-order valence-corrected chi connectivity index (χ2v) is 8.84. The third-order valence-electron chi connectivity index (χ3n) is 5.15. The highest BCUT2D eigenvalue weighted by atomic mass is 32.1. The number of hydrogen-bond acceptors (Lipinski definition) is 5. The van der Waals surface area contributed by atoms with E-state index in [9.17, 15) is 9.59 Å². The van der Waals surface area contributed by atoms with E-state index in [4.69, 9.17) is 4.74 Å². The maximum absolute atomic E-state index is 13.2. The molecule has 1 fully saturated rings. The first kappa shape index (κ1) is 20.0. The average molecular weight is 407 g/mol. The second kappa shape index (κ2) is 8.99. The van der Waals surface area contributed by atoms with Gasteiger partial charge in [-0.05, 0) is 29.3 Å². The third kappa shape index (κ3) is 4.10. The zero-order valence-corrected chi connectivity index (χ0v) is 17.5. The molecule has 4 atom stereocenters. The van der Waals surface area contributed by atoms with Gasteiger partial charge in [-0.25, -0.2) is 4.79 Å². The summed E-state index contributed by atoms with van der Waals surface area (Å²) in [6.07, 6.45) is 0.757. The highest BCUT2D eigenvalue weighted by Crippen LogP contribution is 2.47. The Hall–Kier alpha value is -1.70. The first-order valence-corrected chi connectivity index (χ1v) is 11.0. The molecule has 146 valence electrons. The summed E-state index contributed by atoms with van der Waals surface area (Å²) in [6.45, 7) is 5.04. The van der Waals surface area contributed by atoms with E-state index in [0.29, 0.717) is 13.2 Å². The Bertz CT molecular complexity index is 695. The zero-order chi connectivity index (χ0) is 19.4. The van der Waals surface area contributed by atoms with Gasteiger partial charge in [0.1, 0.15) is 5.78 Å². The van der Waals surface area contributed by atoms with E-state index in [-0.39, 0.29) is 35.7 Å². The molecule has 27 heavy (non-hydrogen) atoms. The molecule has 0 aliphatic carbocycles. The number of nitrogens with zero attached hydrogens (tertiary/aromatic N) is 1. The lowest BCUT2D eigenvalue weighted by molar-refractivity contribution is -0.135. The van der Waals surface area contributed by atoms with E-state index in [0.717, 1.165) is 16.2 Å². The van der Waals surface area contributed by atoms with Crippen LogP contribution >= 0.6 is 22.7 Å². The van der Waals surface area contributed by atoms with Crippen molar-refractivity contribution < 1.29 is 14.3 Å². The third-order valence-corrected chi connectivity index (χ3v) is 7.04. The van der Waals surface area contributed by atoms with Gasteiger partial charge in [0.15, 0.2) is 0 Å². The second-order valence-electron chi connectivity index (χ2n) is 6.89. The first-order chi connectivity index (χ1) is 13.1. The predicted octanol–water partition coefficient (Wildman–Crippen LogP) is 4.50. The number of carbonyl (C=O) groups is 2. The van der Waals surface area contributed by atoms with Crippen molar-refractivity contribution in [2.24, 2.45) is 11.8 Å². The zero-order valence-electron chi connectivity index (χ0n) is 15.9. The number of ether oxygens (including phenoxy) is 1. The monoisotopic (exact) mass is 406 g/mol. The number of ketones is 1. The number of amides is 2. The summed E-state index contributed by atoms with van der Waals surface area (Å²) < 4.78 is 5.07. The van der Waals surface area contributed by atoms with Gasteiger partial charge in [-0.3, -0.25) is 4.79 Å². The van der Waals surface area contributed by atoms with E-state index in [1.165, 1.54) is 0 Å². The highest BCUT2D eigenvalue weighted by Gasteiger charge is 2.48. The molecule has 1 N–H and O–H groups in total. The summed E-state index contributed by atoms with van der Waals surface area (Å²) >= 11 is 3.20. The van der Waals surface area contributed by atoms with Gasteiger partial charge in [0, 0.05) is 41.9 Å². The topological polar surface area (TPSA) is 58.6 Å². The highest BCUT2D eigenvalue weighted by molar-refractivity contribution is 7.10. The molecule has 3 heterocycles. The Balaban J connectivity index is 1.96. The van der Waals surface area contributed by atoms with E-state index in [1.807, 2.05) is 53.8 Å². The lowest BCUT2D eigenvalue weighted by Crippen LogP contribution is -2.54. The fraction of sp³-hybridized carbons (Fsp3) is 0.500. The minimum Gasteiger partial charge on any atom is -0.385 e. The van der Waals surface area contributed by atoms with Gasteiger partial charge in [0.2, 0.25) is 0 Å². The maximum atomic E-state index is 13.2. The molecule has 0 bridgehead atoms. The summed E-state index contributed by atoms with van der Waals surface area (Å²) in [4.78, 5) is 30.3. The van der Waals surface area contributed by atoms with Gasteiger partial charge < -0.3 is 15.0 Å². The van der Waals surface area contributed by atoms with Crippen molar-refractivity contribution in [2.75, 3.05) is 20.3 Å². The van der Waals surface area contributed by atoms with Crippen LogP contribution in [0.5, 0.6) is 0 Å². The lowest BCUT2D eigenvalue weighted by atomic mass is 9.78. The molecule has 0 spiro atoms. The van der Waals surface area contributed by atoms with Gasteiger partial charge in [-0.15, -0.1) is 22.7 Å². The van der Waals surface area contributed by atoms with Crippen molar-refractivity contribution in [3.63, 3.8) is 0 Å². The van der Waals surface area contributed by atoms with Crippen molar-refractivity contribution in [2.45, 2.75) is 32.4 Å². The predicted molar refractivity (Wildman–Crippen MR) is 109 cm³/mol. The van der Waals surface area contributed by atoms with E-state index in [1.54, 1.807) is 29.8 Å². The fourth-order valence-corrected chi connectivity index (χ4v) is 5.68. The lowest BCUT2D eigenvalue weighted by Gasteiger charge is -2.47. The molecule has 0 saturated carbocycles. The molecular weight excluding hydrogens is 380 g/mol. The minimum absolute atomic E-state index is 0.117. The number of hydrogen-bond donors (Lipinski definition) is 1. The van der Waals surface area contributed by atoms with Crippen LogP contribution in [-0.2, 0) is 9.53 Å². The van der Waals surface area contributed by atoms with Crippen molar-refractivity contribution in [1.82, 2.24) is 10.2 Å². The summed E-state index contributed by atoms with van der Waals surface area (Å²) in [7, 11) is 1.65. The summed E-state index contributed by atoms with van der Waals surface area (Å²) in [6, 6.07) is 7.38. The van der Waals surface area contributed by atoms with Crippen molar-refractivity contribution in [3.8, 4) is 0 Å². The number of nitrogens with one attached hydrogen (secondary N) is 1. The summed E-state index contributed by atoms with van der Waals surface area (Å²) in [5.74, 6) is -0.255. The van der Waals surface area contributed by atoms with Crippen molar-refractivity contribution in [1.29, 1.82) is 0 Å². The molecule has 3 rings (SSSR count). The van der Waals surface area contributed by atoms with Crippen LogP contribution in [-0.4, -0.2) is 37.0 Å². The van der Waals surface area contributed by atoms with Crippen LogP contribution in [0.15, 0.2) is 35.0 Å². The number of methoxy groups -OCH3 is 1. The van der Waals surface area contributed by atoms with E-state index >= 15 is 0 Å². The van der Waals surface area contributed by atoms with Crippen molar-refractivity contribution in [3.05, 3.63) is 44.8 Å². The fourth-order valence-electron chi connectivity index (χ4n) is 3.82. The van der Waals surface area contributed by atoms with Gasteiger partial charge in [0.05, 0.1) is 12.1 Å². The molecular formula is C20H26N2O3S2. The van der Waals surface area contributed by atoms with Gasteiger partial charge in [-0.2, -0.15) is 0 Å². The van der Waals surface area contributed by atoms with Crippen LogP contribution in [0, 0.1) is 11.8 Å². The number of likely N-dealkylation sites (tertiary alicyclic amines) is 1. The largest absolute Gasteiger partial charge is 0.385 e. The van der Waals surface area contributed by atoms with Crippen LogP contribution in [0.1, 0.15) is 42.1 Å². The first-order valence-electron chi connectivity index (χ1n) is 9.22. The van der Waals surface area contributed by atoms with Crippen LogP contribution in [0.25, 0.3) is 0 Å². The average Bonchev–Trinajstić information content (AvgIpc) is 3.36. The smallest absolute Gasteiger partial charge is 0.318 e. The normalized spacial score (nSPS) is 25.6. The van der Waals surface area contributed by atoms with Gasteiger partial charge in [0.25, 0.3) is 0 Å². The molecule has 7 heteroatoms. The Morgan fingerprint density at radius 3 is 2.11 bits per heavy atom. The molecule has 1 aliphatic rings. The van der Waals surface area contributed by atoms with Crippen LogP contribution in [0.2, 0.25) is 0 Å². The number of piperidine rings is 1. The summed E-state index contributed by atoms with van der Waals surface area (Å²) in [5.41, 5.74) is 0. The Kier molecular flexibility index (Phi) is 6.68. The number of thiophene rings is 2. The Labute approximate surface area is 168 Å². The SMILES string of the molecule is COCCCNC(=O)N1[C@H](c2cccs2)[C@@H](C)C(=O)[C@@H](C)[C@@H]1c1cccs1. The van der Waals surface area contributed by atoms with Gasteiger partial charge in [-0.1, -0.05) is 26.0 Å². The molecule has 0 radical (unpaired) electrons. The molecule has 1 aliphatic heterocycles.